The molecule has 2 aromatic rings. The van der Waals surface area contributed by atoms with E-state index in [1.54, 1.807) is 0 Å². The van der Waals surface area contributed by atoms with Crippen LogP contribution in [0.4, 0.5) is 10.5 Å². The van der Waals surface area contributed by atoms with E-state index in [0.717, 1.165) is 25.2 Å². The fourth-order valence-electron chi connectivity index (χ4n) is 5.77. The highest BCUT2D eigenvalue weighted by Crippen LogP contribution is 2.43. The van der Waals surface area contributed by atoms with Crippen molar-refractivity contribution < 1.29 is 9.53 Å². The first kappa shape index (κ1) is 19.6. The first-order valence-corrected chi connectivity index (χ1v) is 11.4. The van der Waals surface area contributed by atoms with Crippen molar-refractivity contribution in [3.05, 3.63) is 47.8 Å². The summed E-state index contributed by atoms with van der Waals surface area (Å²) in [4.78, 5) is 14.7. The van der Waals surface area contributed by atoms with E-state index >= 15 is 0 Å². The fourth-order valence-corrected chi connectivity index (χ4v) is 5.77. The average Bonchev–Trinajstić information content (AvgIpc) is 3.43. The minimum Gasteiger partial charge on any atom is -0.448 e. The summed E-state index contributed by atoms with van der Waals surface area (Å²) in [5, 5.41) is 7.70. The summed E-state index contributed by atoms with van der Waals surface area (Å²) in [5.41, 5.74) is 3.47. The van der Waals surface area contributed by atoms with Crippen LogP contribution in [-0.2, 0) is 11.8 Å². The number of anilines is 1. The number of ether oxygens (including phenoxy) is 1. The number of nitrogens with one attached hydrogen (secondary N) is 1. The maximum Gasteiger partial charge on any atom is 0.411 e. The number of hydrogen-bond donors (Lipinski definition) is 1. The predicted molar refractivity (Wildman–Crippen MR) is 117 cm³/mol. The lowest BCUT2D eigenvalue weighted by molar-refractivity contribution is -0.00222. The van der Waals surface area contributed by atoms with E-state index in [-0.39, 0.29) is 6.09 Å². The Morgan fingerprint density at radius 3 is 2.73 bits per heavy atom. The molecule has 4 aliphatic rings. The molecule has 1 aliphatic carbocycles. The third kappa shape index (κ3) is 3.97. The summed E-state index contributed by atoms with van der Waals surface area (Å²) in [7, 11) is 2.11. The zero-order valence-corrected chi connectivity index (χ0v) is 17.8. The topological polar surface area (TPSA) is 59.4 Å². The van der Waals surface area contributed by atoms with Crippen LogP contribution in [0.5, 0.6) is 0 Å². The minimum atomic E-state index is -0.367. The summed E-state index contributed by atoms with van der Waals surface area (Å²) in [6, 6.07) is 12.2. The van der Waals surface area contributed by atoms with Crippen LogP contribution in [0.25, 0.3) is 0 Å². The van der Waals surface area contributed by atoms with E-state index in [1.165, 1.54) is 43.5 Å². The molecule has 30 heavy (non-hydrogen) atoms. The number of rotatable bonds is 5. The number of amides is 1. The monoisotopic (exact) mass is 408 g/mol. The van der Waals surface area contributed by atoms with Gasteiger partial charge in [0.05, 0.1) is 5.69 Å². The molecule has 1 unspecified atom stereocenters. The summed E-state index contributed by atoms with van der Waals surface area (Å²) in [6.45, 7) is 2.60. The van der Waals surface area contributed by atoms with Gasteiger partial charge in [-0.05, 0) is 56.3 Å². The van der Waals surface area contributed by atoms with E-state index in [9.17, 15) is 4.79 Å². The van der Waals surface area contributed by atoms with Crippen LogP contribution in [0.1, 0.15) is 61.7 Å². The van der Waals surface area contributed by atoms with Crippen LogP contribution < -0.4 is 5.32 Å². The largest absolute Gasteiger partial charge is 0.448 e. The molecule has 1 aromatic heterocycles. The Morgan fingerprint density at radius 2 is 2.00 bits per heavy atom. The predicted octanol–water partition coefficient (Wildman–Crippen LogP) is 4.50. The second-order valence-electron chi connectivity index (χ2n) is 9.23. The lowest BCUT2D eigenvalue weighted by Crippen LogP contribution is -2.54. The quantitative estimate of drug-likeness (QED) is 0.791. The number of carbonyl (C=O) groups is 1. The molecule has 2 bridgehead atoms. The Bertz CT molecular complexity index is 875. The van der Waals surface area contributed by atoms with Gasteiger partial charge in [-0.25, -0.2) is 4.79 Å². The number of para-hydroxylation sites is 1. The zero-order valence-electron chi connectivity index (χ0n) is 17.8. The summed E-state index contributed by atoms with van der Waals surface area (Å²) in [6.07, 6.45) is 7.22. The molecule has 6 nitrogen and oxygen atoms in total. The molecule has 6 rings (SSSR count). The lowest BCUT2D eigenvalue weighted by atomic mass is 9.74. The van der Waals surface area contributed by atoms with Crippen molar-refractivity contribution in [3.8, 4) is 0 Å². The van der Waals surface area contributed by atoms with Gasteiger partial charge in [0.25, 0.3) is 0 Å². The van der Waals surface area contributed by atoms with Gasteiger partial charge in [-0.15, -0.1) is 0 Å². The number of fused-ring (bicyclic) bond motifs is 3. The molecule has 3 aliphatic heterocycles. The SMILES string of the molecule is Cn1nc(C2CCCC2)cc1[C@H]1CN2CC[C@@H]1C[C@@H]2COC(=O)Nc1ccccc1. The lowest BCUT2D eigenvalue weighted by Gasteiger charge is -2.49. The van der Waals surface area contributed by atoms with Gasteiger partial charge in [-0.1, -0.05) is 31.0 Å². The van der Waals surface area contributed by atoms with Gasteiger partial charge in [-0.3, -0.25) is 14.9 Å². The van der Waals surface area contributed by atoms with Gasteiger partial charge in [0, 0.05) is 42.9 Å². The van der Waals surface area contributed by atoms with Gasteiger partial charge in [0.1, 0.15) is 6.61 Å². The van der Waals surface area contributed by atoms with E-state index in [0.29, 0.717) is 30.4 Å². The standard InChI is InChI=1S/C24H32N4O2/c1-27-23(14-22(26-27)17-7-5-6-8-17)21-15-28-12-11-18(21)13-20(28)16-30-24(29)25-19-9-3-2-4-10-19/h2-4,9-10,14,17-18,20-21H,5-8,11-13,15-16H2,1H3,(H,25,29)/t18-,20-,21+/m1/s1. The molecule has 1 saturated carbocycles. The number of carbonyl (C=O) groups excluding carboxylic acids is 1. The molecular weight excluding hydrogens is 376 g/mol. The number of piperidine rings is 3. The van der Waals surface area contributed by atoms with Gasteiger partial charge in [-0.2, -0.15) is 5.10 Å². The Morgan fingerprint density at radius 1 is 1.20 bits per heavy atom. The number of nitrogens with zero attached hydrogens (tertiary/aromatic N) is 3. The van der Waals surface area contributed by atoms with Crippen LogP contribution in [0.15, 0.2) is 36.4 Å². The average molecular weight is 409 g/mol. The van der Waals surface area contributed by atoms with Crippen molar-refractivity contribution in [1.29, 1.82) is 0 Å². The smallest absolute Gasteiger partial charge is 0.411 e. The Kier molecular flexibility index (Phi) is 5.50. The molecule has 0 spiro atoms. The highest BCUT2D eigenvalue weighted by molar-refractivity contribution is 5.84. The third-order valence-electron chi connectivity index (χ3n) is 7.39. The molecule has 4 heterocycles. The van der Waals surface area contributed by atoms with Gasteiger partial charge >= 0.3 is 6.09 Å². The van der Waals surface area contributed by atoms with Gasteiger partial charge in [0.2, 0.25) is 0 Å². The molecule has 4 atom stereocenters. The Labute approximate surface area is 178 Å². The molecule has 3 saturated heterocycles. The van der Waals surface area contributed by atoms with Crippen molar-refractivity contribution >= 4 is 11.8 Å². The summed E-state index contributed by atoms with van der Waals surface area (Å²) in [5.74, 6) is 1.85. The number of aryl methyl sites for hydroxylation is 1. The Hall–Kier alpha value is -2.34. The summed E-state index contributed by atoms with van der Waals surface area (Å²) >= 11 is 0. The highest BCUT2D eigenvalue weighted by Gasteiger charge is 2.42. The van der Waals surface area contributed by atoms with E-state index in [2.05, 4.69) is 28.0 Å². The minimum absolute atomic E-state index is 0.323. The molecule has 4 fully saturated rings. The number of aromatic nitrogens is 2. The molecule has 1 amide bonds. The van der Waals surface area contributed by atoms with E-state index in [1.807, 2.05) is 30.3 Å². The Balaban J connectivity index is 1.19. The van der Waals surface area contributed by atoms with Crippen molar-refractivity contribution in [3.63, 3.8) is 0 Å². The molecule has 160 valence electrons. The first-order valence-electron chi connectivity index (χ1n) is 11.4. The maximum atomic E-state index is 12.2. The molecule has 0 radical (unpaired) electrons. The number of benzene rings is 1. The van der Waals surface area contributed by atoms with Gasteiger partial charge in [0.15, 0.2) is 0 Å². The van der Waals surface area contributed by atoms with Crippen LogP contribution in [0.2, 0.25) is 0 Å². The van der Waals surface area contributed by atoms with Crippen molar-refractivity contribution in [2.75, 3.05) is 25.0 Å². The molecule has 1 N–H and O–H groups in total. The van der Waals surface area contributed by atoms with E-state index < -0.39 is 0 Å². The summed E-state index contributed by atoms with van der Waals surface area (Å²) < 4.78 is 7.70. The van der Waals surface area contributed by atoms with Crippen molar-refractivity contribution in [2.24, 2.45) is 13.0 Å². The van der Waals surface area contributed by atoms with Crippen LogP contribution >= 0.6 is 0 Å². The molecule has 1 aromatic carbocycles. The molecule has 6 heteroatoms. The maximum absolute atomic E-state index is 12.2. The first-order chi connectivity index (χ1) is 14.7. The second-order valence-corrected chi connectivity index (χ2v) is 9.23. The van der Waals surface area contributed by atoms with Crippen LogP contribution in [0.3, 0.4) is 0 Å². The normalized spacial score (nSPS) is 28.6. The van der Waals surface area contributed by atoms with Crippen LogP contribution in [0, 0.1) is 5.92 Å². The third-order valence-corrected chi connectivity index (χ3v) is 7.39. The number of hydrogen-bond acceptors (Lipinski definition) is 4. The van der Waals surface area contributed by atoms with Crippen LogP contribution in [-0.4, -0.2) is 46.5 Å². The second kappa shape index (κ2) is 8.42. The van der Waals surface area contributed by atoms with Crippen molar-refractivity contribution in [2.45, 2.75) is 56.4 Å². The highest BCUT2D eigenvalue weighted by atomic mass is 16.5. The van der Waals surface area contributed by atoms with Gasteiger partial charge < -0.3 is 4.74 Å². The molecular formula is C24H32N4O2. The van der Waals surface area contributed by atoms with E-state index in [4.69, 9.17) is 9.84 Å². The van der Waals surface area contributed by atoms with Crippen molar-refractivity contribution in [1.82, 2.24) is 14.7 Å². The zero-order chi connectivity index (χ0) is 20.5. The fraction of sp³-hybridized carbons (Fsp3) is 0.583.